The van der Waals surface area contributed by atoms with Gasteiger partial charge in [0, 0.05) is 17.3 Å². The third-order valence-electron chi connectivity index (χ3n) is 3.56. The van der Waals surface area contributed by atoms with E-state index in [1.165, 1.54) is 18.4 Å². The van der Waals surface area contributed by atoms with Crippen LogP contribution in [0.2, 0.25) is 0 Å². The Labute approximate surface area is 145 Å². The molecule has 7 heteroatoms. The first-order valence-electron chi connectivity index (χ1n) is 7.09. The molecule has 1 atom stereocenters. The van der Waals surface area contributed by atoms with E-state index in [0.29, 0.717) is 15.7 Å². The lowest BCUT2D eigenvalue weighted by atomic mass is 10.1. The Hall–Kier alpha value is -1.99. The number of thiocarbonyl (C=S) groups is 1. The highest BCUT2D eigenvalue weighted by Gasteiger charge is 2.21. The third-order valence-corrected chi connectivity index (χ3v) is 4.90. The second-order valence-electron chi connectivity index (χ2n) is 5.08. The topological polar surface area (TPSA) is 63.2 Å². The predicted molar refractivity (Wildman–Crippen MR) is 97.1 cm³/mol. The van der Waals surface area contributed by atoms with Crippen molar-refractivity contribution in [1.29, 1.82) is 0 Å². The number of aryl methyl sites for hydroxylation is 1. The zero-order valence-electron chi connectivity index (χ0n) is 13.5. The Morgan fingerprint density at radius 2 is 2.00 bits per heavy atom. The molecule has 2 aromatic rings. The zero-order chi connectivity index (χ0) is 17.0. The molecule has 23 heavy (non-hydrogen) atoms. The van der Waals surface area contributed by atoms with Gasteiger partial charge < -0.3 is 15.4 Å². The van der Waals surface area contributed by atoms with Crippen LogP contribution in [-0.2, 0) is 4.74 Å². The van der Waals surface area contributed by atoms with Crippen LogP contribution in [0.5, 0.6) is 0 Å². The van der Waals surface area contributed by atoms with E-state index in [-0.39, 0.29) is 12.0 Å². The second-order valence-corrected chi connectivity index (χ2v) is 6.71. The summed E-state index contributed by atoms with van der Waals surface area (Å²) in [6.45, 7) is 5.88. The number of hydrogen-bond donors (Lipinski definition) is 2. The Balaban J connectivity index is 2.12. The molecule has 1 unspecified atom stereocenters. The van der Waals surface area contributed by atoms with Gasteiger partial charge in [-0.15, -0.1) is 11.3 Å². The summed E-state index contributed by atoms with van der Waals surface area (Å²) in [7, 11) is 1.38. The van der Waals surface area contributed by atoms with Crippen LogP contribution in [0, 0.1) is 13.8 Å². The quantitative estimate of drug-likeness (QED) is 0.650. The standard InChI is InChI=1S/C16H19N3O2S2/c1-9-11(3)23-14(13(9)15(20)21-4)19-16(22)18-10(2)12-5-7-17-8-6-12/h5-8,10H,1-4H3,(H2,18,19,22). The molecule has 0 aromatic carbocycles. The highest BCUT2D eigenvalue weighted by molar-refractivity contribution is 7.80. The van der Waals surface area contributed by atoms with Gasteiger partial charge in [-0.05, 0) is 56.2 Å². The minimum absolute atomic E-state index is 0.0294. The number of carbonyl (C=O) groups excluding carboxylic acids is 1. The average Bonchev–Trinajstić information content (AvgIpc) is 2.81. The Morgan fingerprint density at radius 3 is 2.61 bits per heavy atom. The Kier molecular flexibility index (Phi) is 5.68. The van der Waals surface area contributed by atoms with Gasteiger partial charge in [0.2, 0.25) is 0 Å². The number of esters is 1. The van der Waals surface area contributed by atoms with Crippen LogP contribution >= 0.6 is 23.6 Å². The molecule has 2 rings (SSSR count). The highest BCUT2D eigenvalue weighted by Crippen LogP contribution is 2.33. The van der Waals surface area contributed by atoms with Crippen LogP contribution in [0.4, 0.5) is 5.00 Å². The fourth-order valence-electron chi connectivity index (χ4n) is 2.13. The van der Waals surface area contributed by atoms with Gasteiger partial charge in [-0.25, -0.2) is 4.79 Å². The maximum absolute atomic E-state index is 12.0. The fourth-order valence-corrected chi connectivity index (χ4v) is 3.53. The SMILES string of the molecule is COC(=O)c1c(NC(=S)NC(C)c2ccncc2)sc(C)c1C. The van der Waals surface area contributed by atoms with E-state index in [1.807, 2.05) is 32.9 Å². The van der Waals surface area contributed by atoms with Gasteiger partial charge in [-0.1, -0.05) is 0 Å². The monoisotopic (exact) mass is 349 g/mol. The average molecular weight is 349 g/mol. The first-order chi connectivity index (χ1) is 10.9. The molecule has 2 aromatic heterocycles. The lowest BCUT2D eigenvalue weighted by molar-refractivity contribution is 0.0601. The molecule has 2 N–H and O–H groups in total. The largest absolute Gasteiger partial charge is 0.465 e. The molecule has 0 fully saturated rings. The molecule has 0 radical (unpaired) electrons. The summed E-state index contributed by atoms with van der Waals surface area (Å²) in [4.78, 5) is 17.0. The van der Waals surface area contributed by atoms with E-state index in [2.05, 4.69) is 15.6 Å². The Bertz CT molecular complexity index is 714. The maximum Gasteiger partial charge on any atom is 0.341 e. The van der Waals surface area contributed by atoms with Gasteiger partial charge in [-0.2, -0.15) is 0 Å². The molecule has 0 saturated carbocycles. The van der Waals surface area contributed by atoms with Gasteiger partial charge in [0.25, 0.3) is 0 Å². The number of thiophene rings is 1. The summed E-state index contributed by atoms with van der Waals surface area (Å²) in [6, 6.07) is 3.89. The molecule has 0 saturated heterocycles. The number of nitrogens with one attached hydrogen (secondary N) is 2. The van der Waals surface area contributed by atoms with Gasteiger partial charge in [0.05, 0.1) is 18.7 Å². The normalized spacial score (nSPS) is 11.7. The molecule has 0 aliphatic heterocycles. The zero-order valence-corrected chi connectivity index (χ0v) is 15.1. The number of ether oxygens (including phenoxy) is 1. The lowest BCUT2D eigenvalue weighted by Crippen LogP contribution is -2.31. The van der Waals surface area contributed by atoms with E-state index >= 15 is 0 Å². The van der Waals surface area contributed by atoms with Crippen molar-refractivity contribution in [2.45, 2.75) is 26.8 Å². The van der Waals surface area contributed by atoms with Crippen molar-refractivity contribution in [1.82, 2.24) is 10.3 Å². The highest BCUT2D eigenvalue weighted by atomic mass is 32.1. The number of methoxy groups -OCH3 is 1. The molecule has 0 spiro atoms. The van der Waals surface area contributed by atoms with Gasteiger partial charge >= 0.3 is 5.97 Å². The third kappa shape index (κ3) is 4.05. The van der Waals surface area contributed by atoms with Crippen LogP contribution in [0.1, 0.15) is 39.3 Å². The molecular formula is C16H19N3O2S2. The number of pyridine rings is 1. The minimum Gasteiger partial charge on any atom is -0.465 e. The molecule has 122 valence electrons. The van der Waals surface area contributed by atoms with Crippen LogP contribution in [0.3, 0.4) is 0 Å². The number of aromatic nitrogens is 1. The Morgan fingerprint density at radius 1 is 1.35 bits per heavy atom. The van der Waals surface area contributed by atoms with Crippen molar-refractivity contribution in [3.05, 3.63) is 46.1 Å². The first-order valence-corrected chi connectivity index (χ1v) is 8.32. The predicted octanol–water partition coefficient (Wildman–Crippen LogP) is 3.59. The number of nitrogens with zero attached hydrogens (tertiary/aromatic N) is 1. The number of hydrogen-bond acceptors (Lipinski definition) is 5. The van der Waals surface area contributed by atoms with Crippen LogP contribution in [0.25, 0.3) is 0 Å². The van der Waals surface area contributed by atoms with Crippen molar-refractivity contribution in [2.75, 3.05) is 12.4 Å². The summed E-state index contributed by atoms with van der Waals surface area (Å²) in [5.74, 6) is -0.362. The summed E-state index contributed by atoms with van der Waals surface area (Å²) in [6.07, 6.45) is 3.48. The van der Waals surface area contributed by atoms with E-state index in [1.54, 1.807) is 12.4 Å². The molecule has 0 amide bonds. The van der Waals surface area contributed by atoms with Crippen LogP contribution < -0.4 is 10.6 Å². The molecule has 5 nitrogen and oxygen atoms in total. The van der Waals surface area contributed by atoms with E-state index < -0.39 is 0 Å². The van der Waals surface area contributed by atoms with Gasteiger partial charge in [-0.3, -0.25) is 4.98 Å². The second kappa shape index (κ2) is 7.52. The van der Waals surface area contributed by atoms with Crippen molar-refractivity contribution in [2.24, 2.45) is 0 Å². The molecule has 0 aliphatic carbocycles. The van der Waals surface area contributed by atoms with Gasteiger partial charge in [0.1, 0.15) is 5.00 Å². The first kappa shape index (κ1) is 17.4. The van der Waals surface area contributed by atoms with Crippen molar-refractivity contribution < 1.29 is 9.53 Å². The van der Waals surface area contributed by atoms with E-state index in [0.717, 1.165) is 16.0 Å². The fraction of sp³-hybridized carbons (Fsp3) is 0.312. The number of carbonyl (C=O) groups is 1. The molecule has 0 bridgehead atoms. The summed E-state index contributed by atoms with van der Waals surface area (Å²) < 4.78 is 4.86. The smallest absolute Gasteiger partial charge is 0.341 e. The van der Waals surface area contributed by atoms with Crippen LogP contribution in [0.15, 0.2) is 24.5 Å². The summed E-state index contributed by atoms with van der Waals surface area (Å²) in [5, 5.41) is 7.47. The summed E-state index contributed by atoms with van der Waals surface area (Å²) in [5.41, 5.74) is 2.53. The van der Waals surface area contributed by atoms with Crippen molar-refractivity contribution >= 4 is 39.6 Å². The maximum atomic E-state index is 12.0. The van der Waals surface area contributed by atoms with Gasteiger partial charge in [0.15, 0.2) is 5.11 Å². The van der Waals surface area contributed by atoms with Crippen molar-refractivity contribution in [3.63, 3.8) is 0 Å². The number of rotatable bonds is 4. The minimum atomic E-state index is -0.362. The summed E-state index contributed by atoms with van der Waals surface area (Å²) >= 11 is 6.85. The molecule has 0 aliphatic rings. The van der Waals surface area contributed by atoms with E-state index in [4.69, 9.17) is 17.0 Å². The van der Waals surface area contributed by atoms with E-state index in [9.17, 15) is 4.79 Å². The molecular weight excluding hydrogens is 330 g/mol. The molecule has 2 heterocycles. The lowest BCUT2D eigenvalue weighted by Gasteiger charge is -2.17. The number of anilines is 1. The van der Waals surface area contributed by atoms with Crippen molar-refractivity contribution in [3.8, 4) is 0 Å². The van der Waals surface area contributed by atoms with Crippen LogP contribution in [-0.4, -0.2) is 23.2 Å².